The third-order valence-electron chi connectivity index (χ3n) is 4.07. The Morgan fingerprint density at radius 2 is 2.06 bits per heavy atom. The van der Waals surface area contributed by atoms with Crippen LogP contribution in [0.4, 0.5) is 0 Å². The fourth-order valence-electron chi connectivity index (χ4n) is 2.16. The van der Waals surface area contributed by atoms with E-state index in [4.69, 9.17) is 22.7 Å². The summed E-state index contributed by atoms with van der Waals surface area (Å²) in [6.07, 6.45) is 4.98. The minimum atomic E-state index is -0.521. The molecule has 96 valence electrons. The van der Waals surface area contributed by atoms with Crippen molar-refractivity contribution in [3.8, 4) is 0 Å². The van der Waals surface area contributed by atoms with E-state index in [2.05, 4.69) is 5.32 Å². The van der Waals surface area contributed by atoms with Crippen LogP contribution in [0.5, 0.6) is 0 Å². The first-order valence-corrected chi connectivity index (χ1v) is 6.53. The largest absolute Gasteiger partial charge is 0.392 e. The van der Waals surface area contributed by atoms with E-state index in [1.165, 1.54) is 12.8 Å². The first-order valence-electron chi connectivity index (χ1n) is 6.12. The van der Waals surface area contributed by atoms with Crippen molar-refractivity contribution in [3.05, 3.63) is 0 Å². The molecule has 0 bridgehead atoms. The molecule has 0 saturated heterocycles. The average Bonchev–Trinajstić information content (AvgIpc) is 3.17. The van der Waals surface area contributed by atoms with E-state index in [1.807, 2.05) is 0 Å². The number of rotatable bonds is 7. The Balaban J connectivity index is 1.79. The van der Waals surface area contributed by atoms with E-state index in [-0.39, 0.29) is 11.3 Å². The summed E-state index contributed by atoms with van der Waals surface area (Å²) in [6.45, 7) is 1.50. The van der Waals surface area contributed by atoms with Gasteiger partial charge < -0.3 is 15.8 Å². The van der Waals surface area contributed by atoms with Gasteiger partial charge in [0.25, 0.3) is 0 Å². The highest BCUT2D eigenvalue weighted by Crippen LogP contribution is 2.49. The normalized spacial score (nSPS) is 22.9. The number of thiocarbonyl (C=S) groups is 1. The molecule has 2 saturated carbocycles. The van der Waals surface area contributed by atoms with Crippen LogP contribution in [0.15, 0.2) is 0 Å². The Bertz CT molecular complexity index is 335. The van der Waals surface area contributed by atoms with Gasteiger partial charge in [-0.15, -0.1) is 0 Å². The van der Waals surface area contributed by atoms with E-state index in [0.717, 1.165) is 32.4 Å². The number of ether oxygens (including phenoxy) is 1. The number of hydrogen-bond donors (Lipinski definition) is 2. The monoisotopic (exact) mass is 256 g/mol. The second-order valence-electron chi connectivity index (χ2n) is 5.37. The van der Waals surface area contributed by atoms with E-state index < -0.39 is 5.41 Å². The number of methoxy groups -OCH3 is 1. The third kappa shape index (κ3) is 2.60. The molecule has 3 N–H and O–H groups in total. The summed E-state index contributed by atoms with van der Waals surface area (Å²) in [4.78, 5) is 12.4. The van der Waals surface area contributed by atoms with Crippen molar-refractivity contribution in [2.24, 2.45) is 16.6 Å². The molecule has 0 aromatic carbocycles. The summed E-state index contributed by atoms with van der Waals surface area (Å²) < 4.78 is 5.09. The van der Waals surface area contributed by atoms with Gasteiger partial charge in [0.15, 0.2) is 0 Å². The fourth-order valence-corrected chi connectivity index (χ4v) is 2.45. The molecule has 0 unspecified atom stereocenters. The molecule has 0 spiro atoms. The molecule has 1 amide bonds. The first kappa shape index (κ1) is 12.8. The maximum atomic E-state index is 12.0. The van der Waals surface area contributed by atoms with Crippen molar-refractivity contribution in [3.63, 3.8) is 0 Å². The van der Waals surface area contributed by atoms with Gasteiger partial charge in [0.1, 0.15) is 0 Å². The Morgan fingerprint density at radius 1 is 1.41 bits per heavy atom. The smallest absolute Gasteiger partial charge is 0.233 e. The maximum absolute atomic E-state index is 12.0. The predicted octanol–water partition coefficient (Wildman–Crippen LogP) is 0.986. The fraction of sp³-hybridized carbons (Fsp3) is 0.833. The van der Waals surface area contributed by atoms with Crippen molar-refractivity contribution in [1.82, 2.24) is 5.32 Å². The molecule has 0 heterocycles. The van der Waals surface area contributed by atoms with Crippen LogP contribution in [0.3, 0.4) is 0 Å². The Hall–Kier alpha value is -0.680. The highest BCUT2D eigenvalue weighted by Gasteiger charge is 2.53. The second-order valence-corrected chi connectivity index (χ2v) is 5.81. The summed E-state index contributed by atoms with van der Waals surface area (Å²) in [5.74, 6) is 0.0219. The number of nitrogens with two attached hydrogens (primary N) is 1. The number of hydrogen-bond acceptors (Lipinski definition) is 3. The molecule has 0 aromatic rings. The van der Waals surface area contributed by atoms with Gasteiger partial charge in [-0.2, -0.15) is 0 Å². The lowest BCUT2D eigenvalue weighted by molar-refractivity contribution is -0.124. The molecule has 2 fully saturated rings. The van der Waals surface area contributed by atoms with Crippen molar-refractivity contribution in [1.29, 1.82) is 0 Å². The summed E-state index contributed by atoms with van der Waals surface area (Å²) in [7, 11) is 1.71. The molecular formula is C12H20N2O2S. The van der Waals surface area contributed by atoms with Crippen LogP contribution >= 0.6 is 12.2 Å². The first-order chi connectivity index (χ1) is 8.05. The lowest BCUT2D eigenvalue weighted by Crippen LogP contribution is -2.42. The lowest BCUT2D eigenvalue weighted by atomic mass is 10.0. The zero-order chi connectivity index (χ0) is 12.5. The molecule has 0 atom stereocenters. The van der Waals surface area contributed by atoms with Crippen LogP contribution in [0.1, 0.15) is 32.1 Å². The topological polar surface area (TPSA) is 64.3 Å². The molecule has 2 aliphatic carbocycles. The van der Waals surface area contributed by atoms with Gasteiger partial charge in [-0.05, 0) is 37.5 Å². The molecule has 0 aromatic heterocycles. The van der Waals surface area contributed by atoms with Crippen LogP contribution < -0.4 is 11.1 Å². The quantitative estimate of drug-likeness (QED) is 0.667. The molecule has 4 nitrogen and oxygen atoms in total. The van der Waals surface area contributed by atoms with Crippen molar-refractivity contribution < 1.29 is 9.53 Å². The molecule has 17 heavy (non-hydrogen) atoms. The number of carbonyl (C=O) groups is 1. The van der Waals surface area contributed by atoms with Crippen LogP contribution in [0.2, 0.25) is 0 Å². The Kier molecular flexibility index (Phi) is 3.41. The van der Waals surface area contributed by atoms with Gasteiger partial charge in [-0.25, -0.2) is 0 Å². The van der Waals surface area contributed by atoms with E-state index >= 15 is 0 Å². The van der Waals surface area contributed by atoms with Gasteiger partial charge in [0, 0.05) is 20.3 Å². The van der Waals surface area contributed by atoms with Crippen LogP contribution in [0.25, 0.3) is 0 Å². The molecule has 2 rings (SSSR count). The second kappa shape index (κ2) is 4.53. The minimum absolute atomic E-state index is 0.0219. The molecule has 2 aliphatic rings. The lowest BCUT2D eigenvalue weighted by Gasteiger charge is -2.18. The highest BCUT2D eigenvalue weighted by atomic mass is 32.1. The van der Waals surface area contributed by atoms with E-state index in [9.17, 15) is 4.79 Å². The van der Waals surface area contributed by atoms with Crippen molar-refractivity contribution in [2.75, 3.05) is 20.3 Å². The van der Waals surface area contributed by atoms with Crippen LogP contribution in [-0.4, -0.2) is 31.2 Å². The predicted molar refractivity (Wildman–Crippen MR) is 69.6 cm³/mol. The number of nitrogens with one attached hydrogen (secondary N) is 1. The van der Waals surface area contributed by atoms with Gasteiger partial charge >= 0.3 is 0 Å². The van der Waals surface area contributed by atoms with Crippen molar-refractivity contribution >= 4 is 23.1 Å². The standard InChI is InChI=1S/C12H20N2O2S/c1-16-7-6-11(2-3-11)8-14-10(15)12(4-5-12)9(13)17/h2-8H2,1H3,(H2,13,17)(H,14,15). The molecule has 0 aliphatic heterocycles. The summed E-state index contributed by atoms with van der Waals surface area (Å²) >= 11 is 4.96. The van der Waals surface area contributed by atoms with E-state index in [1.54, 1.807) is 7.11 Å². The van der Waals surface area contributed by atoms with Crippen LogP contribution in [0, 0.1) is 10.8 Å². The summed E-state index contributed by atoms with van der Waals surface area (Å²) in [5.41, 5.74) is 5.37. The van der Waals surface area contributed by atoms with Gasteiger partial charge in [0.2, 0.25) is 5.91 Å². The number of carbonyl (C=O) groups excluding carboxylic acids is 1. The van der Waals surface area contributed by atoms with Crippen molar-refractivity contribution in [2.45, 2.75) is 32.1 Å². The summed E-state index contributed by atoms with van der Waals surface area (Å²) in [6, 6.07) is 0. The molecular weight excluding hydrogens is 236 g/mol. The third-order valence-corrected chi connectivity index (χ3v) is 4.46. The molecule has 5 heteroatoms. The zero-order valence-electron chi connectivity index (χ0n) is 10.3. The van der Waals surface area contributed by atoms with E-state index in [0.29, 0.717) is 4.99 Å². The van der Waals surface area contributed by atoms with Gasteiger partial charge in [-0.1, -0.05) is 12.2 Å². The van der Waals surface area contributed by atoms with Crippen LogP contribution in [-0.2, 0) is 9.53 Å². The maximum Gasteiger partial charge on any atom is 0.233 e. The Morgan fingerprint density at radius 3 is 2.47 bits per heavy atom. The van der Waals surface area contributed by atoms with Gasteiger partial charge in [0.05, 0.1) is 10.4 Å². The summed E-state index contributed by atoms with van der Waals surface area (Å²) in [5, 5.41) is 3.02. The SMILES string of the molecule is COCCC1(CNC(=O)C2(C(N)=S)CC2)CC1. The zero-order valence-corrected chi connectivity index (χ0v) is 11.1. The van der Waals surface area contributed by atoms with Gasteiger partial charge in [-0.3, -0.25) is 4.79 Å². The number of amides is 1. The Labute approximate surface area is 107 Å². The minimum Gasteiger partial charge on any atom is -0.392 e. The average molecular weight is 256 g/mol. The highest BCUT2D eigenvalue weighted by molar-refractivity contribution is 7.80. The molecule has 0 radical (unpaired) electrons.